The van der Waals surface area contributed by atoms with Crippen LogP contribution in [-0.4, -0.2) is 21.0 Å². The molecule has 0 unspecified atom stereocenters. The van der Waals surface area contributed by atoms with E-state index >= 15 is 0 Å². The Balaban J connectivity index is 1.65. The van der Waals surface area contributed by atoms with Crippen molar-refractivity contribution in [1.29, 1.82) is 0 Å². The van der Waals surface area contributed by atoms with E-state index in [9.17, 15) is 14.9 Å². The number of amides is 1. The van der Waals surface area contributed by atoms with Crippen LogP contribution in [0.3, 0.4) is 0 Å². The fraction of sp³-hybridized carbons (Fsp3) is 0.118. The van der Waals surface area contributed by atoms with Gasteiger partial charge in [0.2, 0.25) is 5.13 Å². The summed E-state index contributed by atoms with van der Waals surface area (Å²) < 4.78 is 0.681. The van der Waals surface area contributed by atoms with Gasteiger partial charge in [-0.3, -0.25) is 20.2 Å². The van der Waals surface area contributed by atoms with Gasteiger partial charge in [0.25, 0.3) is 11.6 Å². The Morgan fingerprint density at radius 2 is 2.07 bits per heavy atom. The topological polar surface area (TPSA) is 98.0 Å². The Morgan fingerprint density at radius 1 is 1.30 bits per heavy atom. The van der Waals surface area contributed by atoms with Gasteiger partial charge in [-0.2, -0.15) is 0 Å². The first-order valence-electron chi connectivity index (χ1n) is 7.70. The van der Waals surface area contributed by atoms with Crippen molar-refractivity contribution in [3.63, 3.8) is 0 Å². The normalized spacial score (nSPS) is 10.6. The van der Waals surface area contributed by atoms with Crippen LogP contribution >= 0.6 is 34.7 Å². The van der Waals surface area contributed by atoms with E-state index in [1.54, 1.807) is 6.92 Å². The van der Waals surface area contributed by atoms with Crippen LogP contribution in [0.25, 0.3) is 0 Å². The number of rotatable bonds is 6. The molecule has 0 saturated heterocycles. The van der Waals surface area contributed by atoms with Crippen molar-refractivity contribution >= 4 is 51.4 Å². The lowest BCUT2D eigenvalue weighted by Gasteiger charge is -2.03. The fourth-order valence-corrected chi connectivity index (χ4v) is 4.22. The predicted molar refractivity (Wildman–Crippen MR) is 107 cm³/mol. The molecule has 7 nitrogen and oxygen atoms in total. The number of nitrogens with one attached hydrogen (secondary N) is 1. The van der Waals surface area contributed by atoms with E-state index in [0.717, 1.165) is 5.56 Å². The minimum Gasteiger partial charge on any atom is -0.296 e. The number of hydrogen-bond donors (Lipinski definition) is 1. The molecule has 27 heavy (non-hydrogen) atoms. The summed E-state index contributed by atoms with van der Waals surface area (Å²) in [7, 11) is 0. The van der Waals surface area contributed by atoms with E-state index in [2.05, 4.69) is 15.5 Å². The summed E-state index contributed by atoms with van der Waals surface area (Å²) >= 11 is 8.81. The molecule has 0 aliphatic rings. The van der Waals surface area contributed by atoms with Crippen LogP contribution in [0.15, 0.2) is 46.8 Å². The van der Waals surface area contributed by atoms with Gasteiger partial charge in [0.05, 0.1) is 4.92 Å². The molecule has 2 aromatic carbocycles. The molecule has 138 valence electrons. The van der Waals surface area contributed by atoms with Crippen molar-refractivity contribution in [2.24, 2.45) is 0 Å². The highest BCUT2D eigenvalue weighted by molar-refractivity contribution is 8.00. The van der Waals surface area contributed by atoms with Crippen LogP contribution in [0.5, 0.6) is 0 Å². The summed E-state index contributed by atoms with van der Waals surface area (Å²) in [6.45, 7) is 1.62. The summed E-state index contributed by atoms with van der Waals surface area (Å²) in [5.41, 5.74) is 1.56. The number of nitro groups is 1. The number of nitro benzene ring substituents is 1. The number of nitrogens with zero attached hydrogens (tertiary/aromatic N) is 3. The van der Waals surface area contributed by atoms with E-state index in [0.29, 0.717) is 25.8 Å². The van der Waals surface area contributed by atoms with Crippen molar-refractivity contribution < 1.29 is 9.72 Å². The second-order valence-corrected chi connectivity index (χ2v) is 8.07. The molecule has 0 bridgehead atoms. The molecule has 0 aliphatic carbocycles. The quantitative estimate of drug-likeness (QED) is 0.262. The smallest absolute Gasteiger partial charge is 0.273 e. The first-order chi connectivity index (χ1) is 12.9. The average molecular weight is 421 g/mol. The summed E-state index contributed by atoms with van der Waals surface area (Å²) in [6.07, 6.45) is 0. The highest BCUT2D eigenvalue weighted by Gasteiger charge is 2.16. The zero-order valence-electron chi connectivity index (χ0n) is 14.0. The molecule has 0 saturated carbocycles. The number of anilines is 1. The van der Waals surface area contributed by atoms with Gasteiger partial charge < -0.3 is 0 Å². The highest BCUT2D eigenvalue weighted by atomic mass is 35.5. The highest BCUT2D eigenvalue weighted by Crippen LogP contribution is 2.30. The third-order valence-corrected chi connectivity index (χ3v) is 5.99. The standard InChI is InChI=1S/C17H13ClN4O3S2/c1-10-6-7-11(8-14(10)22(24)25)15(23)19-16-20-21-17(27-16)26-9-12-4-2-3-5-13(12)18/h2-8H,9H2,1H3,(H,19,20,23). The molecule has 0 radical (unpaired) electrons. The van der Waals surface area contributed by atoms with E-state index in [-0.39, 0.29) is 11.3 Å². The zero-order valence-corrected chi connectivity index (χ0v) is 16.4. The maximum absolute atomic E-state index is 12.3. The van der Waals surface area contributed by atoms with Gasteiger partial charge in [-0.1, -0.05) is 59.0 Å². The summed E-state index contributed by atoms with van der Waals surface area (Å²) in [5.74, 6) is 0.156. The Kier molecular flexibility index (Phi) is 6.04. The van der Waals surface area contributed by atoms with Crippen molar-refractivity contribution in [2.75, 3.05) is 5.32 Å². The molecule has 0 aliphatic heterocycles. The van der Waals surface area contributed by atoms with Gasteiger partial charge in [-0.25, -0.2) is 0 Å². The average Bonchev–Trinajstić information content (AvgIpc) is 3.08. The lowest BCUT2D eigenvalue weighted by atomic mass is 10.1. The number of carbonyl (C=O) groups excluding carboxylic acids is 1. The lowest BCUT2D eigenvalue weighted by Crippen LogP contribution is -2.12. The summed E-state index contributed by atoms with van der Waals surface area (Å²) in [6, 6.07) is 11.9. The largest absolute Gasteiger partial charge is 0.296 e. The number of carbonyl (C=O) groups is 1. The number of hydrogen-bond acceptors (Lipinski definition) is 7. The first kappa shape index (κ1) is 19.3. The van der Waals surface area contributed by atoms with Crippen molar-refractivity contribution in [1.82, 2.24) is 10.2 Å². The fourth-order valence-electron chi connectivity index (χ4n) is 2.19. The molecule has 0 spiro atoms. The molecule has 1 aromatic heterocycles. The maximum atomic E-state index is 12.3. The number of benzene rings is 2. The van der Waals surface area contributed by atoms with Gasteiger partial charge in [0, 0.05) is 28.0 Å². The Bertz CT molecular complexity index is 1010. The third kappa shape index (κ3) is 4.82. The minimum absolute atomic E-state index is 0.101. The van der Waals surface area contributed by atoms with Crippen LogP contribution < -0.4 is 5.32 Å². The number of halogens is 1. The molecule has 0 atom stereocenters. The SMILES string of the molecule is Cc1ccc(C(=O)Nc2nnc(SCc3ccccc3Cl)s2)cc1[N+](=O)[O-]. The van der Waals surface area contributed by atoms with Gasteiger partial charge >= 0.3 is 0 Å². The van der Waals surface area contributed by atoms with Gasteiger partial charge in [-0.05, 0) is 24.6 Å². The predicted octanol–water partition coefficient (Wildman–Crippen LogP) is 4.95. The molecule has 1 heterocycles. The molecule has 0 fully saturated rings. The molecular weight excluding hydrogens is 408 g/mol. The van der Waals surface area contributed by atoms with Crippen molar-refractivity contribution in [3.05, 3.63) is 74.3 Å². The number of aryl methyl sites for hydroxylation is 1. The Morgan fingerprint density at radius 3 is 2.81 bits per heavy atom. The summed E-state index contributed by atoms with van der Waals surface area (Å²) in [5, 5.41) is 22.6. The van der Waals surface area contributed by atoms with E-state index in [1.165, 1.54) is 41.3 Å². The van der Waals surface area contributed by atoms with Crippen molar-refractivity contribution in [2.45, 2.75) is 17.0 Å². The van der Waals surface area contributed by atoms with Crippen LogP contribution in [-0.2, 0) is 5.75 Å². The van der Waals surface area contributed by atoms with Crippen molar-refractivity contribution in [3.8, 4) is 0 Å². The van der Waals surface area contributed by atoms with Crippen LogP contribution in [0.4, 0.5) is 10.8 Å². The van der Waals surface area contributed by atoms with Crippen LogP contribution in [0, 0.1) is 17.0 Å². The van der Waals surface area contributed by atoms with E-state index in [4.69, 9.17) is 11.6 Å². The number of thioether (sulfide) groups is 1. The molecular formula is C17H13ClN4O3S2. The van der Waals surface area contributed by atoms with Crippen LogP contribution in [0.1, 0.15) is 21.5 Å². The van der Waals surface area contributed by atoms with Gasteiger partial charge in [0.15, 0.2) is 4.34 Å². The number of aromatic nitrogens is 2. The summed E-state index contributed by atoms with van der Waals surface area (Å²) in [4.78, 5) is 22.8. The lowest BCUT2D eigenvalue weighted by molar-refractivity contribution is -0.385. The van der Waals surface area contributed by atoms with Crippen LogP contribution in [0.2, 0.25) is 5.02 Å². The first-order valence-corrected chi connectivity index (χ1v) is 9.88. The monoisotopic (exact) mass is 420 g/mol. The second-order valence-electron chi connectivity index (χ2n) is 5.47. The Labute approximate surface area is 167 Å². The molecule has 1 N–H and O–H groups in total. The third-order valence-electron chi connectivity index (χ3n) is 3.60. The zero-order chi connectivity index (χ0) is 19.4. The van der Waals surface area contributed by atoms with Gasteiger partial charge in [0.1, 0.15) is 0 Å². The molecule has 3 aromatic rings. The molecule has 1 amide bonds. The second kappa shape index (κ2) is 8.47. The minimum atomic E-state index is -0.513. The van der Waals surface area contributed by atoms with E-state index in [1.807, 2.05) is 24.3 Å². The maximum Gasteiger partial charge on any atom is 0.273 e. The molecule has 10 heteroatoms. The van der Waals surface area contributed by atoms with Gasteiger partial charge in [-0.15, -0.1) is 10.2 Å². The Hall–Kier alpha value is -2.49. The molecule has 3 rings (SSSR count). The van der Waals surface area contributed by atoms with E-state index < -0.39 is 10.8 Å².